The Morgan fingerprint density at radius 3 is 2.81 bits per heavy atom. The van der Waals surface area contributed by atoms with Gasteiger partial charge in [0.1, 0.15) is 14.3 Å². The number of tetrazole rings is 1. The van der Waals surface area contributed by atoms with Gasteiger partial charge < -0.3 is 10.1 Å². The van der Waals surface area contributed by atoms with Crippen LogP contribution in [-0.4, -0.2) is 35.3 Å². The SMILES string of the molecule is O=c1[nH]cnc(Sc2nnnn2-c2ccc(O)cc2)c1I. The van der Waals surface area contributed by atoms with Crippen LogP contribution in [0.5, 0.6) is 5.75 Å². The fraction of sp³-hybridized carbons (Fsp3) is 0. The summed E-state index contributed by atoms with van der Waals surface area (Å²) >= 11 is 3.11. The highest BCUT2D eigenvalue weighted by Crippen LogP contribution is 2.27. The standard InChI is InChI=1S/C11H7IN6O2S/c12-8-9(20)13-5-14-10(8)21-11-15-16-17-18(11)6-1-3-7(19)4-2-6/h1-5,19H,(H,13,14,20). The summed E-state index contributed by atoms with van der Waals surface area (Å²) in [5.41, 5.74) is 0.483. The van der Waals surface area contributed by atoms with Crippen molar-refractivity contribution in [2.24, 2.45) is 0 Å². The number of H-pyrrole nitrogens is 1. The van der Waals surface area contributed by atoms with E-state index in [1.165, 1.54) is 22.8 Å². The van der Waals surface area contributed by atoms with E-state index in [0.29, 0.717) is 19.4 Å². The van der Waals surface area contributed by atoms with Crippen LogP contribution in [0.15, 0.2) is 45.6 Å². The van der Waals surface area contributed by atoms with Crippen LogP contribution in [0.25, 0.3) is 5.69 Å². The number of hydrogen-bond donors (Lipinski definition) is 2. The predicted octanol–water partition coefficient (Wildman–Crippen LogP) is 1.21. The Hall–Kier alpha value is -1.95. The molecule has 0 saturated carbocycles. The molecule has 8 nitrogen and oxygen atoms in total. The lowest BCUT2D eigenvalue weighted by Crippen LogP contribution is -2.11. The zero-order valence-corrected chi connectivity index (χ0v) is 13.2. The monoisotopic (exact) mass is 414 g/mol. The zero-order valence-electron chi connectivity index (χ0n) is 10.3. The van der Waals surface area contributed by atoms with Crippen LogP contribution in [0, 0.1) is 3.57 Å². The first kappa shape index (κ1) is 14.0. The first-order chi connectivity index (χ1) is 10.1. The molecule has 0 spiro atoms. The van der Waals surface area contributed by atoms with Crippen molar-refractivity contribution in [3.05, 3.63) is 44.5 Å². The predicted molar refractivity (Wildman–Crippen MR) is 82.5 cm³/mol. The van der Waals surface area contributed by atoms with Gasteiger partial charge in [-0.2, -0.15) is 4.68 Å². The van der Waals surface area contributed by atoms with E-state index in [9.17, 15) is 9.90 Å². The molecule has 0 radical (unpaired) electrons. The van der Waals surface area contributed by atoms with E-state index in [0.717, 1.165) is 0 Å². The van der Waals surface area contributed by atoms with E-state index in [1.54, 1.807) is 24.3 Å². The van der Waals surface area contributed by atoms with Crippen molar-refractivity contribution >= 4 is 34.4 Å². The lowest BCUT2D eigenvalue weighted by molar-refractivity contribution is 0.475. The van der Waals surface area contributed by atoms with Crippen LogP contribution in [0.1, 0.15) is 0 Å². The Kier molecular flexibility index (Phi) is 3.88. The van der Waals surface area contributed by atoms with Gasteiger partial charge in [0.15, 0.2) is 0 Å². The average molecular weight is 414 g/mol. The normalized spacial score (nSPS) is 10.7. The van der Waals surface area contributed by atoms with Gasteiger partial charge in [-0.3, -0.25) is 4.79 Å². The molecule has 0 aliphatic carbocycles. The van der Waals surface area contributed by atoms with E-state index in [4.69, 9.17) is 0 Å². The fourth-order valence-corrected chi connectivity index (χ4v) is 2.91. The largest absolute Gasteiger partial charge is 0.508 e. The molecule has 10 heteroatoms. The molecule has 0 atom stereocenters. The average Bonchev–Trinajstić information content (AvgIpc) is 2.93. The van der Waals surface area contributed by atoms with Crippen LogP contribution in [0.2, 0.25) is 0 Å². The maximum absolute atomic E-state index is 11.6. The third-order valence-electron chi connectivity index (χ3n) is 2.49. The molecule has 3 aromatic rings. The molecule has 0 fully saturated rings. The fourth-order valence-electron chi connectivity index (χ4n) is 1.52. The minimum atomic E-state index is -0.211. The smallest absolute Gasteiger partial charge is 0.265 e. The number of aromatic nitrogens is 6. The summed E-state index contributed by atoms with van der Waals surface area (Å²) in [7, 11) is 0. The molecule has 21 heavy (non-hydrogen) atoms. The summed E-state index contributed by atoms with van der Waals surface area (Å²) in [5.74, 6) is 0.159. The van der Waals surface area contributed by atoms with Crippen molar-refractivity contribution in [3.63, 3.8) is 0 Å². The Morgan fingerprint density at radius 2 is 2.05 bits per heavy atom. The summed E-state index contributed by atoms with van der Waals surface area (Å²) in [6.45, 7) is 0. The number of benzene rings is 1. The quantitative estimate of drug-likeness (QED) is 0.490. The van der Waals surface area contributed by atoms with Gasteiger partial charge in [0, 0.05) is 0 Å². The van der Waals surface area contributed by atoms with E-state index in [-0.39, 0.29) is 11.3 Å². The second kappa shape index (κ2) is 5.81. The number of phenolic OH excluding ortho intramolecular Hbond substituents is 1. The van der Waals surface area contributed by atoms with E-state index in [2.05, 4.69) is 25.5 Å². The van der Waals surface area contributed by atoms with Gasteiger partial charge in [-0.25, -0.2) is 4.98 Å². The van der Waals surface area contributed by atoms with E-state index < -0.39 is 0 Å². The van der Waals surface area contributed by atoms with Crippen LogP contribution in [-0.2, 0) is 0 Å². The van der Waals surface area contributed by atoms with Crippen molar-refractivity contribution in [1.29, 1.82) is 0 Å². The molecule has 0 unspecified atom stereocenters. The van der Waals surface area contributed by atoms with Gasteiger partial charge in [0.25, 0.3) is 5.56 Å². The second-order valence-electron chi connectivity index (χ2n) is 3.84. The Labute approximate surface area is 135 Å². The molecule has 0 aliphatic rings. The summed E-state index contributed by atoms with van der Waals surface area (Å²) in [6.07, 6.45) is 1.33. The molecule has 2 heterocycles. The first-order valence-corrected chi connectivity index (χ1v) is 7.53. The summed E-state index contributed by atoms with van der Waals surface area (Å²) in [5, 5.41) is 21.8. The summed E-state index contributed by atoms with van der Waals surface area (Å²) in [6, 6.07) is 6.46. The number of nitrogens with zero attached hydrogens (tertiary/aromatic N) is 5. The molecule has 0 bridgehead atoms. The Bertz CT molecular complexity index is 831. The third kappa shape index (κ3) is 2.90. The molecule has 0 aliphatic heterocycles. The third-order valence-corrected chi connectivity index (χ3v) is 4.79. The minimum Gasteiger partial charge on any atom is -0.508 e. The number of halogens is 1. The number of nitrogens with one attached hydrogen (secondary N) is 1. The molecule has 3 rings (SSSR count). The minimum absolute atomic E-state index is 0.159. The first-order valence-electron chi connectivity index (χ1n) is 5.64. The van der Waals surface area contributed by atoms with E-state index >= 15 is 0 Å². The summed E-state index contributed by atoms with van der Waals surface area (Å²) in [4.78, 5) is 18.2. The molecule has 1 aromatic carbocycles. The molecule has 0 amide bonds. The lowest BCUT2D eigenvalue weighted by atomic mass is 10.3. The molecular weight excluding hydrogens is 407 g/mol. The van der Waals surface area contributed by atoms with E-state index in [1.807, 2.05) is 22.6 Å². The number of hydrogen-bond acceptors (Lipinski definition) is 7. The second-order valence-corrected chi connectivity index (χ2v) is 5.88. The Balaban J connectivity index is 1.98. The molecule has 2 N–H and O–H groups in total. The van der Waals surface area contributed by atoms with Crippen molar-refractivity contribution in [3.8, 4) is 11.4 Å². The number of aromatic amines is 1. The van der Waals surface area contributed by atoms with Gasteiger partial charge in [-0.05, 0) is 69.0 Å². The van der Waals surface area contributed by atoms with Crippen molar-refractivity contribution in [1.82, 2.24) is 30.2 Å². The highest BCUT2D eigenvalue weighted by Gasteiger charge is 2.14. The van der Waals surface area contributed by atoms with Crippen molar-refractivity contribution < 1.29 is 5.11 Å². The van der Waals surface area contributed by atoms with Crippen LogP contribution < -0.4 is 5.56 Å². The zero-order chi connectivity index (χ0) is 14.8. The Morgan fingerprint density at radius 1 is 1.29 bits per heavy atom. The number of phenols is 1. The lowest BCUT2D eigenvalue weighted by Gasteiger charge is -2.04. The van der Waals surface area contributed by atoms with Gasteiger partial charge in [-0.15, -0.1) is 5.10 Å². The topological polar surface area (TPSA) is 110 Å². The van der Waals surface area contributed by atoms with Crippen LogP contribution in [0.3, 0.4) is 0 Å². The maximum atomic E-state index is 11.6. The van der Waals surface area contributed by atoms with Gasteiger partial charge in [0.05, 0.1) is 12.0 Å². The van der Waals surface area contributed by atoms with Crippen molar-refractivity contribution in [2.45, 2.75) is 10.2 Å². The molecule has 0 saturated heterocycles. The number of aromatic hydroxyl groups is 1. The van der Waals surface area contributed by atoms with Gasteiger partial charge in [0.2, 0.25) is 5.16 Å². The highest BCUT2D eigenvalue weighted by atomic mass is 127. The highest BCUT2D eigenvalue weighted by molar-refractivity contribution is 14.1. The number of rotatable bonds is 3. The van der Waals surface area contributed by atoms with Crippen molar-refractivity contribution in [2.75, 3.05) is 0 Å². The maximum Gasteiger partial charge on any atom is 0.265 e. The summed E-state index contributed by atoms with van der Waals surface area (Å²) < 4.78 is 1.98. The molecule has 106 valence electrons. The van der Waals surface area contributed by atoms with Crippen LogP contribution >= 0.6 is 34.4 Å². The molecule has 2 aromatic heterocycles. The van der Waals surface area contributed by atoms with Gasteiger partial charge >= 0.3 is 0 Å². The van der Waals surface area contributed by atoms with Gasteiger partial charge in [-0.1, -0.05) is 0 Å². The van der Waals surface area contributed by atoms with Crippen LogP contribution in [0.4, 0.5) is 0 Å². The molecular formula is C11H7IN6O2S.